The molecule has 0 saturated heterocycles. The second-order valence-electron chi connectivity index (χ2n) is 3.86. The van der Waals surface area contributed by atoms with Gasteiger partial charge in [-0.1, -0.05) is 6.07 Å². The van der Waals surface area contributed by atoms with E-state index in [1.165, 1.54) is 19.5 Å². The number of hydrogen-bond acceptors (Lipinski definition) is 4. The van der Waals surface area contributed by atoms with Crippen LogP contribution in [0, 0.1) is 0 Å². The summed E-state index contributed by atoms with van der Waals surface area (Å²) in [5, 5.41) is 2.09. The van der Waals surface area contributed by atoms with Gasteiger partial charge < -0.3 is 0 Å². The normalized spacial score (nSPS) is 10.7. The van der Waals surface area contributed by atoms with Gasteiger partial charge in [0, 0.05) is 19.5 Å². The van der Waals surface area contributed by atoms with E-state index in [9.17, 15) is 4.79 Å². The minimum atomic E-state index is 0.140. The van der Waals surface area contributed by atoms with Crippen LogP contribution in [0.2, 0.25) is 0 Å². The molecule has 3 aromatic rings. The number of ketones is 1. The van der Waals surface area contributed by atoms with Gasteiger partial charge >= 0.3 is 0 Å². The van der Waals surface area contributed by atoms with E-state index in [-0.39, 0.29) is 5.78 Å². The van der Waals surface area contributed by atoms with Crippen molar-refractivity contribution in [3.8, 4) is 19.5 Å². The van der Waals surface area contributed by atoms with Gasteiger partial charge in [-0.2, -0.15) is 0 Å². The van der Waals surface area contributed by atoms with Gasteiger partial charge in [0.05, 0.1) is 4.88 Å². The highest BCUT2D eigenvalue weighted by Gasteiger charge is 2.09. The van der Waals surface area contributed by atoms with Gasteiger partial charge in [-0.05, 0) is 42.6 Å². The molecule has 0 aromatic carbocycles. The van der Waals surface area contributed by atoms with Gasteiger partial charge in [-0.3, -0.25) is 4.79 Å². The van der Waals surface area contributed by atoms with Crippen LogP contribution in [0.4, 0.5) is 0 Å². The van der Waals surface area contributed by atoms with E-state index < -0.39 is 0 Å². The summed E-state index contributed by atoms with van der Waals surface area (Å²) in [6.07, 6.45) is 0. The van der Waals surface area contributed by atoms with Crippen LogP contribution in [-0.2, 0) is 0 Å². The van der Waals surface area contributed by atoms with Gasteiger partial charge in [-0.25, -0.2) is 0 Å². The number of hydrogen-bond donors (Lipinski definition) is 0. The Hall–Kier alpha value is -1.23. The topological polar surface area (TPSA) is 17.1 Å². The van der Waals surface area contributed by atoms with E-state index in [0.717, 1.165) is 4.88 Å². The summed E-state index contributed by atoms with van der Waals surface area (Å²) in [6, 6.07) is 12.4. The first-order chi connectivity index (χ1) is 8.74. The van der Waals surface area contributed by atoms with Crippen molar-refractivity contribution in [3.05, 3.63) is 46.7 Å². The molecule has 4 heteroatoms. The molecule has 0 saturated carbocycles. The van der Waals surface area contributed by atoms with Crippen LogP contribution in [-0.4, -0.2) is 5.78 Å². The molecule has 1 nitrogen and oxygen atoms in total. The quantitative estimate of drug-likeness (QED) is 0.590. The molecule has 0 spiro atoms. The molecule has 3 rings (SSSR count). The minimum absolute atomic E-state index is 0.140. The molecule has 0 aliphatic carbocycles. The summed E-state index contributed by atoms with van der Waals surface area (Å²) < 4.78 is 0. The predicted molar refractivity (Wildman–Crippen MR) is 80.9 cm³/mol. The van der Waals surface area contributed by atoms with E-state index in [0.29, 0.717) is 0 Å². The maximum Gasteiger partial charge on any atom is 0.169 e. The molecule has 0 aliphatic heterocycles. The van der Waals surface area contributed by atoms with E-state index in [1.54, 1.807) is 40.9 Å². The zero-order valence-corrected chi connectivity index (χ0v) is 12.1. The second-order valence-corrected chi connectivity index (χ2v) is 6.98. The fraction of sp³-hybridized carbons (Fsp3) is 0.0714. The third-order valence-corrected chi connectivity index (χ3v) is 6.10. The van der Waals surface area contributed by atoms with Gasteiger partial charge in [0.1, 0.15) is 0 Å². The number of Topliss-reactive ketones (excluding diaryl/α,β-unsaturated/α-hetero) is 1. The van der Waals surface area contributed by atoms with Crippen LogP contribution in [0.1, 0.15) is 16.6 Å². The highest BCUT2D eigenvalue weighted by Crippen LogP contribution is 2.38. The highest BCUT2D eigenvalue weighted by atomic mass is 32.1. The largest absolute Gasteiger partial charge is 0.294 e. The fourth-order valence-corrected chi connectivity index (χ4v) is 4.51. The molecule has 0 unspecified atom stereocenters. The van der Waals surface area contributed by atoms with Crippen LogP contribution < -0.4 is 0 Å². The zero-order chi connectivity index (χ0) is 12.5. The summed E-state index contributed by atoms with van der Waals surface area (Å²) in [7, 11) is 0. The molecule has 18 heavy (non-hydrogen) atoms. The standard InChI is InChI=1S/C14H10OS3/c1-9(15)10-4-5-13(17-10)14-7-6-12(18-14)11-3-2-8-16-11/h2-8H,1H3. The number of carbonyl (C=O) groups is 1. The summed E-state index contributed by atoms with van der Waals surface area (Å²) in [4.78, 5) is 17.1. The van der Waals surface area contributed by atoms with Gasteiger partial charge in [-0.15, -0.1) is 34.0 Å². The Labute approximate surface area is 117 Å². The first-order valence-electron chi connectivity index (χ1n) is 5.49. The molecule has 0 N–H and O–H groups in total. The van der Waals surface area contributed by atoms with Crippen molar-refractivity contribution in [2.24, 2.45) is 0 Å². The maximum absolute atomic E-state index is 11.3. The van der Waals surface area contributed by atoms with Crippen LogP contribution in [0.3, 0.4) is 0 Å². The predicted octanol–water partition coefficient (Wildman–Crippen LogP) is 5.41. The maximum atomic E-state index is 11.3. The highest BCUT2D eigenvalue weighted by molar-refractivity contribution is 7.26. The number of carbonyl (C=O) groups excluding carboxylic acids is 1. The molecule has 3 aromatic heterocycles. The molecule has 0 fully saturated rings. The smallest absolute Gasteiger partial charge is 0.169 e. The van der Waals surface area contributed by atoms with Gasteiger partial charge in [0.2, 0.25) is 0 Å². The van der Waals surface area contributed by atoms with Crippen molar-refractivity contribution in [1.82, 2.24) is 0 Å². The molecule has 3 heterocycles. The summed E-state index contributed by atoms with van der Waals surface area (Å²) >= 11 is 5.10. The van der Waals surface area contributed by atoms with Crippen molar-refractivity contribution in [2.75, 3.05) is 0 Å². The van der Waals surface area contributed by atoms with Gasteiger partial charge in [0.25, 0.3) is 0 Å². The third-order valence-electron chi connectivity index (χ3n) is 2.57. The Kier molecular flexibility index (Phi) is 3.16. The summed E-state index contributed by atoms with van der Waals surface area (Å²) in [5.41, 5.74) is 0. The lowest BCUT2D eigenvalue weighted by atomic mass is 10.3. The van der Waals surface area contributed by atoms with E-state index in [2.05, 4.69) is 29.6 Å². The fourth-order valence-electron chi connectivity index (χ4n) is 1.68. The van der Waals surface area contributed by atoms with Crippen LogP contribution in [0.15, 0.2) is 41.8 Å². The molecule has 0 amide bonds. The average molecular weight is 290 g/mol. The van der Waals surface area contributed by atoms with E-state index in [1.807, 2.05) is 12.1 Å². The molecular formula is C14H10OS3. The molecular weight excluding hydrogens is 280 g/mol. The Morgan fingerprint density at radius 2 is 1.56 bits per heavy atom. The Balaban J connectivity index is 1.95. The lowest BCUT2D eigenvalue weighted by Crippen LogP contribution is -1.83. The Morgan fingerprint density at radius 1 is 0.889 bits per heavy atom. The number of rotatable bonds is 3. The molecule has 0 aliphatic rings. The Bertz CT molecular complexity index is 674. The van der Waals surface area contributed by atoms with E-state index in [4.69, 9.17) is 0 Å². The van der Waals surface area contributed by atoms with Crippen LogP contribution >= 0.6 is 34.0 Å². The zero-order valence-electron chi connectivity index (χ0n) is 9.67. The van der Waals surface area contributed by atoms with Crippen molar-refractivity contribution < 1.29 is 4.79 Å². The average Bonchev–Trinajstić information content (AvgIpc) is 3.10. The van der Waals surface area contributed by atoms with Crippen molar-refractivity contribution in [2.45, 2.75) is 6.92 Å². The van der Waals surface area contributed by atoms with Crippen molar-refractivity contribution in [3.63, 3.8) is 0 Å². The van der Waals surface area contributed by atoms with Crippen LogP contribution in [0.5, 0.6) is 0 Å². The second kappa shape index (κ2) is 4.80. The third kappa shape index (κ3) is 2.19. The molecule has 0 bridgehead atoms. The lowest BCUT2D eigenvalue weighted by molar-refractivity contribution is 0.102. The summed E-state index contributed by atoms with van der Waals surface area (Å²) in [6.45, 7) is 1.61. The first-order valence-corrected chi connectivity index (χ1v) is 8.00. The molecule has 0 atom stereocenters. The lowest BCUT2D eigenvalue weighted by Gasteiger charge is -1.90. The first kappa shape index (κ1) is 11.8. The molecule has 90 valence electrons. The molecule has 0 radical (unpaired) electrons. The Morgan fingerprint density at radius 3 is 2.17 bits per heavy atom. The minimum Gasteiger partial charge on any atom is -0.294 e. The monoisotopic (exact) mass is 290 g/mol. The number of thiophene rings is 3. The van der Waals surface area contributed by atoms with Gasteiger partial charge in [0.15, 0.2) is 5.78 Å². The SMILES string of the molecule is CC(=O)c1ccc(-c2ccc(-c3cccs3)s2)s1. The van der Waals surface area contributed by atoms with Crippen molar-refractivity contribution >= 4 is 39.8 Å². The van der Waals surface area contributed by atoms with E-state index >= 15 is 0 Å². The summed E-state index contributed by atoms with van der Waals surface area (Å²) in [5.74, 6) is 0.140. The van der Waals surface area contributed by atoms with Crippen molar-refractivity contribution in [1.29, 1.82) is 0 Å². The van der Waals surface area contributed by atoms with Crippen LogP contribution in [0.25, 0.3) is 19.5 Å².